The molecular formula is C16H32N4. The van der Waals surface area contributed by atoms with Gasteiger partial charge in [-0.3, -0.25) is 5.32 Å². The van der Waals surface area contributed by atoms with Crippen LogP contribution >= 0.6 is 0 Å². The molecule has 1 fully saturated rings. The molecule has 4 heteroatoms. The van der Waals surface area contributed by atoms with Gasteiger partial charge in [0.1, 0.15) is 5.54 Å². The third-order valence-corrected chi connectivity index (χ3v) is 4.47. The van der Waals surface area contributed by atoms with Crippen molar-refractivity contribution in [2.45, 2.75) is 57.5 Å². The van der Waals surface area contributed by atoms with Gasteiger partial charge in [0.05, 0.1) is 6.07 Å². The van der Waals surface area contributed by atoms with Crippen LogP contribution in [0.3, 0.4) is 0 Å². The zero-order chi connectivity index (χ0) is 15.0. The van der Waals surface area contributed by atoms with Crippen molar-refractivity contribution in [2.24, 2.45) is 0 Å². The predicted molar refractivity (Wildman–Crippen MR) is 84.7 cm³/mol. The first-order valence-corrected chi connectivity index (χ1v) is 8.06. The summed E-state index contributed by atoms with van der Waals surface area (Å²) in [4.78, 5) is 4.94. The van der Waals surface area contributed by atoms with E-state index in [0.717, 1.165) is 25.9 Å². The van der Waals surface area contributed by atoms with Crippen LogP contribution in [0.4, 0.5) is 0 Å². The molecule has 20 heavy (non-hydrogen) atoms. The van der Waals surface area contributed by atoms with Crippen molar-refractivity contribution in [3.05, 3.63) is 0 Å². The molecule has 0 aromatic carbocycles. The van der Waals surface area contributed by atoms with Crippen molar-refractivity contribution in [3.63, 3.8) is 0 Å². The van der Waals surface area contributed by atoms with Gasteiger partial charge in [0, 0.05) is 12.6 Å². The van der Waals surface area contributed by atoms with Crippen LogP contribution in [0.2, 0.25) is 0 Å². The summed E-state index contributed by atoms with van der Waals surface area (Å²) in [6.07, 6.45) is 5.88. The molecule has 0 aromatic heterocycles. The van der Waals surface area contributed by atoms with Gasteiger partial charge >= 0.3 is 0 Å². The van der Waals surface area contributed by atoms with E-state index in [2.05, 4.69) is 42.2 Å². The van der Waals surface area contributed by atoms with Crippen molar-refractivity contribution in [3.8, 4) is 6.07 Å². The smallest absolute Gasteiger partial charge is 0.103 e. The molecular weight excluding hydrogens is 248 g/mol. The SMILES string of the molecule is CCNC(C)(C#N)CCCCN(C)C1CCCN(C)C1. The summed E-state index contributed by atoms with van der Waals surface area (Å²) >= 11 is 0. The van der Waals surface area contributed by atoms with Crippen LogP contribution in [0.15, 0.2) is 0 Å². The summed E-state index contributed by atoms with van der Waals surface area (Å²) in [5.74, 6) is 0. The number of nitriles is 1. The number of unbranched alkanes of at least 4 members (excludes halogenated alkanes) is 1. The molecule has 1 saturated heterocycles. The highest BCUT2D eigenvalue weighted by Crippen LogP contribution is 2.16. The highest BCUT2D eigenvalue weighted by molar-refractivity contribution is 5.03. The Morgan fingerprint density at radius 3 is 2.80 bits per heavy atom. The van der Waals surface area contributed by atoms with Crippen molar-refractivity contribution >= 4 is 0 Å². The molecule has 2 atom stereocenters. The van der Waals surface area contributed by atoms with E-state index >= 15 is 0 Å². The second-order valence-corrected chi connectivity index (χ2v) is 6.47. The van der Waals surface area contributed by atoms with E-state index in [1.165, 1.54) is 32.4 Å². The Labute approximate surface area is 125 Å². The molecule has 4 nitrogen and oxygen atoms in total. The molecule has 0 amide bonds. The van der Waals surface area contributed by atoms with E-state index in [4.69, 9.17) is 0 Å². The number of rotatable bonds is 8. The first kappa shape index (κ1) is 17.4. The second-order valence-electron chi connectivity index (χ2n) is 6.47. The van der Waals surface area contributed by atoms with Crippen molar-refractivity contribution in [2.75, 3.05) is 40.3 Å². The van der Waals surface area contributed by atoms with Gasteiger partial charge in [0.15, 0.2) is 0 Å². The minimum Gasteiger partial charge on any atom is -0.305 e. The number of likely N-dealkylation sites (N-methyl/N-ethyl adjacent to an activating group) is 2. The van der Waals surface area contributed by atoms with Gasteiger partial charge in [-0.05, 0) is 72.8 Å². The maximum Gasteiger partial charge on any atom is 0.103 e. The van der Waals surface area contributed by atoms with Crippen LogP contribution < -0.4 is 5.32 Å². The zero-order valence-corrected chi connectivity index (χ0v) is 13.8. The Morgan fingerprint density at radius 1 is 1.45 bits per heavy atom. The van der Waals surface area contributed by atoms with Crippen molar-refractivity contribution in [1.29, 1.82) is 5.26 Å². The van der Waals surface area contributed by atoms with E-state index < -0.39 is 0 Å². The minimum atomic E-state index is -0.349. The van der Waals surface area contributed by atoms with Gasteiger partial charge in [-0.2, -0.15) is 5.26 Å². The van der Waals surface area contributed by atoms with Gasteiger partial charge in [-0.1, -0.05) is 6.92 Å². The molecule has 1 heterocycles. The average molecular weight is 280 g/mol. The molecule has 0 spiro atoms. The molecule has 0 bridgehead atoms. The third kappa shape index (κ3) is 5.78. The minimum absolute atomic E-state index is 0.349. The number of nitrogens with zero attached hydrogens (tertiary/aromatic N) is 3. The topological polar surface area (TPSA) is 42.3 Å². The summed E-state index contributed by atoms with van der Waals surface area (Å²) < 4.78 is 0. The van der Waals surface area contributed by atoms with Crippen LogP contribution in [0.1, 0.15) is 46.0 Å². The third-order valence-electron chi connectivity index (χ3n) is 4.47. The Hall–Kier alpha value is -0.630. The maximum absolute atomic E-state index is 9.23. The molecule has 2 unspecified atom stereocenters. The summed E-state index contributed by atoms with van der Waals surface area (Å²) in [5, 5.41) is 12.5. The zero-order valence-electron chi connectivity index (χ0n) is 13.8. The number of likely N-dealkylation sites (tertiary alicyclic amines) is 1. The van der Waals surface area contributed by atoms with Crippen LogP contribution in [-0.2, 0) is 0 Å². The van der Waals surface area contributed by atoms with E-state index in [-0.39, 0.29) is 5.54 Å². The normalized spacial score (nSPS) is 23.5. The predicted octanol–water partition coefficient (Wildman–Crippen LogP) is 2.07. The molecule has 0 aliphatic carbocycles. The molecule has 116 valence electrons. The van der Waals surface area contributed by atoms with E-state index in [0.29, 0.717) is 6.04 Å². The van der Waals surface area contributed by atoms with Crippen LogP contribution in [0.5, 0.6) is 0 Å². The number of piperidine rings is 1. The first-order chi connectivity index (χ1) is 9.50. The van der Waals surface area contributed by atoms with Gasteiger partial charge in [-0.25, -0.2) is 0 Å². The van der Waals surface area contributed by atoms with E-state index in [1.807, 2.05) is 6.92 Å². The largest absolute Gasteiger partial charge is 0.305 e. The highest BCUT2D eigenvalue weighted by Gasteiger charge is 2.23. The molecule has 0 radical (unpaired) electrons. The fraction of sp³-hybridized carbons (Fsp3) is 0.938. The Bertz CT molecular complexity index is 312. The summed E-state index contributed by atoms with van der Waals surface area (Å²) in [6.45, 7) is 8.51. The fourth-order valence-corrected chi connectivity index (χ4v) is 3.10. The Kier molecular flexibility index (Phi) is 7.50. The van der Waals surface area contributed by atoms with Gasteiger partial charge < -0.3 is 9.80 Å². The van der Waals surface area contributed by atoms with E-state index in [9.17, 15) is 5.26 Å². The molecule has 0 saturated carbocycles. The first-order valence-electron chi connectivity index (χ1n) is 8.06. The van der Waals surface area contributed by atoms with Crippen molar-refractivity contribution < 1.29 is 0 Å². The quantitative estimate of drug-likeness (QED) is 0.691. The Morgan fingerprint density at radius 2 is 2.20 bits per heavy atom. The lowest BCUT2D eigenvalue weighted by Gasteiger charge is -2.36. The maximum atomic E-state index is 9.23. The monoisotopic (exact) mass is 280 g/mol. The van der Waals surface area contributed by atoms with Gasteiger partial charge in [0.25, 0.3) is 0 Å². The van der Waals surface area contributed by atoms with Crippen LogP contribution in [0, 0.1) is 11.3 Å². The molecule has 1 N–H and O–H groups in total. The van der Waals surface area contributed by atoms with Gasteiger partial charge in [-0.15, -0.1) is 0 Å². The lowest BCUT2D eigenvalue weighted by atomic mass is 9.96. The average Bonchev–Trinajstić information content (AvgIpc) is 2.44. The molecule has 1 aliphatic rings. The lowest BCUT2D eigenvalue weighted by Crippen LogP contribution is -2.45. The van der Waals surface area contributed by atoms with Gasteiger partial charge in [0.2, 0.25) is 0 Å². The van der Waals surface area contributed by atoms with E-state index in [1.54, 1.807) is 0 Å². The second kappa shape index (κ2) is 8.61. The summed E-state index contributed by atoms with van der Waals surface area (Å²) in [5.41, 5.74) is -0.349. The summed E-state index contributed by atoms with van der Waals surface area (Å²) in [6, 6.07) is 3.12. The molecule has 1 rings (SSSR count). The van der Waals surface area contributed by atoms with Crippen LogP contribution in [0.25, 0.3) is 0 Å². The highest BCUT2D eigenvalue weighted by atomic mass is 15.2. The van der Waals surface area contributed by atoms with Crippen LogP contribution in [-0.4, -0.2) is 61.7 Å². The van der Waals surface area contributed by atoms with Crippen molar-refractivity contribution in [1.82, 2.24) is 15.1 Å². The standard InChI is InChI=1S/C16H32N4/c1-5-18-16(2,14-17)10-6-7-12-20(4)15-9-8-11-19(3)13-15/h15,18H,5-13H2,1-4H3. The fourth-order valence-electron chi connectivity index (χ4n) is 3.10. The molecule has 0 aromatic rings. The number of hydrogen-bond donors (Lipinski definition) is 1. The molecule has 1 aliphatic heterocycles. The lowest BCUT2D eigenvalue weighted by molar-refractivity contribution is 0.132. The number of nitrogens with one attached hydrogen (secondary N) is 1. The summed E-state index contributed by atoms with van der Waals surface area (Å²) in [7, 11) is 4.46. The Balaban J connectivity index is 2.21. The number of hydrogen-bond acceptors (Lipinski definition) is 4.